The van der Waals surface area contributed by atoms with E-state index in [9.17, 15) is 14.7 Å². The lowest BCUT2D eigenvalue weighted by molar-refractivity contribution is -0.140. The number of carbonyl (C=O) groups is 2. The van der Waals surface area contributed by atoms with Crippen molar-refractivity contribution in [3.05, 3.63) is 94.5 Å². The Morgan fingerprint density at radius 1 is 1.18 bits per heavy atom. The molecule has 4 aromatic rings. The second-order valence-corrected chi connectivity index (χ2v) is 8.05. The summed E-state index contributed by atoms with van der Waals surface area (Å²) in [4.78, 5) is 30.9. The van der Waals surface area contributed by atoms with Crippen molar-refractivity contribution in [3.63, 3.8) is 0 Å². The molecule has 1 atom stereocenters. The highest BCUT2D eigenvalue weighted by Gasteiger charge is 2.47. The number of ether oxygens (including phenoxy) is 1. The monoisotopic (exact) mass is 462 g/mol. The number of amides is 1. The van der Waals surface area contributed by atoms with E-state index in [-0.39, 0.29) is 17.9 Å². The van der Waals surface area contributed by atoms with Crippen LogP contribution in [0.25, 0.3) is 16.7 Å². The highest BCUT2D eigenvalue weighted by Crippen LogP contribution is 2.43. The van der Waals surface area contributed by atoms with E-state index in [0.717, 1.165) is 10.9 Å². The van der Waals surface area contributed by atoms with Crippen molar-refractivity contribution >= 4 is 40.0 Å². The third kappa shape index (κ3) is 3.47. The van der Waals surface area contributed by atoms with Gasteiger partial charge in [-0.1, -0.05) is 29.8 Å². The molecule has 1 amide bonds. The maximum atomic E-state index is 13.2. The molecule has 7 nitrogen and oxygen atoms in total. The molecule has 0 bridgehead atoms. The molecule has 1 unspecified atom stereocenters. The lowest BCUT2D eigenvalue weighted by atomic mass is 9.95. The summed E-state index contributed by atoms with van der Waals surface area (Å²) >= 11 is 6.12. The molecule has 0 saturated carbocycles. The number of hydrogen-bond acceptors (Lipinski definition) is 5. The molecular formula is C25H19ClN2O5. The number of aliphatic hydroxyl groups is 1. The highest BCUT2D eigenvalue weighted by atomic mass is 35.5. The number of aromatic nitrogens is 1. The van der Waals surface area contributed by atoms with Gasteiger partial charge in [-0.05, 0) is 36.4 Å². The van der Waals surface area contributed by atoms with Gasteiger partial charge >= 0.3 is 0 Å². The van der Waals surface area contributed by atoms with Crippen LogP contribution in [-0.2, 0) is 16.1 Å². The molecule has 166 valence electrons. The van der Waals surface area contributed by atoms with Gasteiger partial charge in [0.2, 0.25) is 0 Å². The molecule has 5 rings (SSSR count). The number of ketones is 1. The number of hydrogen-bond donors (Lipinski definition) is 2. The first kappa shape index (κ1) is 20.9. The molecule has 1 aliphatic rings. The number of halogens is 1. The smallest absolute Gasteiger partial charge is 0.296 e. The van der Waals surface area contributed by atoms with E-state index in [1.165, 1.54) is 24.3 Å². The van der Waals surface area contributed by atoms with E-state index in [0.29, 0.717) is 27.7 Å². The summed E-state index contributed by atoms with van der Waals surface area (Å²) in [6, 6.07) is 14.9. The molecular weight excluding hydrogens is 444 g/mol. The molecule has 0 radical (unpaired) electrons. The number of carbonyl (C=O) groups excluding carboxylic acids is 2. The fourth-order valence-electron chi connectivity index (χ4n) is 4.22. The van der Waals surface area contributed by atoms with Gasteiger partial charge in [-0.3, -0.25) is 9.59 Å². The topological polar surface area (TPSA) is 95.8 Å². The standard InChI is InChI=1S/C25H19ClN2O5/c1-32-20-11-14(8-9-18(20)26)23(29)21-22(17-12-27-19-7-3-2-6-16(17)19)28(25(31)24(21)30)13-15-5-4-10-33-15/h2-12,22,27,29H,13H2,1H3/b23-21+. The number of furan rings is 1. The number of nitrogens with one attached hydrogen (secondary N) is 1. The van der Waals surface area contributed by atoms with Crippen LogP contribution >= 0.6 is 11.6 Å². The number of fused-ring (bicyclic) bond motifs is 1. The maximum absolute atomic E-state index is 13.2. The summed E-state index contributed by atoms with van der Waals surface area (Å²) in [7, 11) is 1.46. The summed E-state index contributed by atoms with van der Waals surface area (Å²) in [6.07, 6.45) is 3.26. The first-order valence-electron chi connectivity index (χ1n) is 10.2. The Hall–Kier alpha value is -3.97. The zero-order chi connectivity index (χ0) is 23.1. The minimum atomic E-state index is -0.826. The lowest BCUT2D eigenvalue weighted by Gasteiger charge is -2.24. The maximum Gasteiger partial charge on any atom is 0.296 e. The molecule has 0 spiro atoms. The highest BCUT2D eigenvalue weighted by molar-refractivity contribution is 6.46. The van der Waals surface area contributed by atoms with Crippen LogP contribution in [0.3, 0.4) is 0 Å². The minimum Gasteiger partial charge on any atom is -0.507 e. The Balaban J connectivity index is 1.72. The van der Waals surface area contributed by atoms with Crippen molar-refractivity contribution in [2.75, 3.05) is 7.11 Å². The third-order valence-corrected chi connectivity index (χ3v) is 6.10. The first-order chi connectivity index (χ1) is 16.0. The van der Waals surface area contributed by atoms with Gasteiger partial charge < -0.3 is 24.1 Å². The molecule has 33 heavy (non-hydrogen) atoms. The molecule has 3 heterocycles. The molecule has 2 aromatic carbocycles. The number of benzene rings is 2. The van der Waals surface area contributed by atoms with Crippen molar-refractivity contribution in [1.29, 1.82) is 0 Å². The average Bonchev–Trinajstić information content (AvgIpc) is 3.55. The minimum absolute atomic E-state index is 0.0133. The number of aromatic amines is 1. The van der Waals surface area contributed by atoms with E-state index in [1.54, 1.807) is 30.5 Å². The zero-order valence-electron chi connectivity index (χ0n) is 17.5. The van der Waals surface area contributed by atoms with E-state index in [2.05, 4.69) is 4.98 Å². The Bertz CT molecular complexity index is 1400. The summed E-state index contributed by atoms with van der Waals surface area (Å²) in [5.74, 6) is -0.933. The van der Waals surface area contributed by atoms with Crippen molar-refractivity contribution in [3.8, 4) is 5.75 Å². The van der Waals surface area contributed by atoms with E-state index >= 15 is 0 Å². The molecule has 1 aliphatic heterocycles. The van der Waals surface area contributed by atoms with Crippen LogP contribution in [0.4, 0.5) is 0 Å². The summed E-state index contributed by atoms with van der Waals surface area (Å²) in [6.45, 7) is 0.0719. The first-order valence-corrected chi connectivity index (χ1v) is 10.6. The Morgan fingerprint density at radius 2 is 2.00 bits per heavy atom. The van der Waals surface area contributed by atoms with Crippen LogP contribution in [0.1, 0.15) is 22.9 Å². The Labute approximate surface area is 193 Å². The van der Waals surface area contributed by atoms with Crippen LogP contribution in [-0.4, -0.2) is 33.8 Å². The molecule has 1 saturated heterocycles. The number of methoxy groups -OCH3 is 1. The predicted molar refractivity (Wildman–Crippen MR) is 123 cm³/mol. The van der Waals surface area contributed by atoms with Gasteiger partial charge in [0, 0.05) is 28.2 Å². The number of aliphatic hydroxyl groups excluding tert-OH is 1. The van der Waals surface area contributed by atoms with Gasteiger partial charge in [-0.2, -0.15) is 0 Å². The van der Waals surface area contributed by atoms with Crippen molar-refractivity contribution in [2.45, 2.75) is 12.6 Å². The van der Waals surface area contributed by atoms with Gasteiger partial charge in [-0.15, -0.1) is 0 Å². The quantitative estimate of drug-likeness (QED) is 0.246. The number of likely N-dealkylation sites (tertiary alicyclic amines) is 1. The third-order valence-electron chi connectivity index (χ3n) is 5.79. The van der Waals surface area contributed by atoms with Crippen molar-refractivity contribution < 1.29 is 23.8 Å². The van der Waals surface area contributed by atoms with Gasteiger partial charge in [0.25, 0.3) is 11.7 Å². The number of nitrogens with zero attached hydrogens (tertiary/aromatic N) is 1. The zero-order valence-corrected chi connectivity index (χ0v) is 18.3. The molecule has 8 heteroatoms. The van der Waals surface area contributed by atoms with Gasteiger partial charge in [0.15, 0.2) is 0 Å². The van der Waals surface area contributed by atoms with Crippen LogP contribution in [0.15, 0.2) is 77.0 Å². The van der Waals surface area contributed by atoms with Crippen LogP contribution in [0.2, 0.25) is 5.02 Å². The normalized spacial score (nSPS) is 17.8. The summed E-state index contributed by atoms with van der Waals surface area (Å²) < 4.78 is 10.7. The predicted octanol–water partition coefficient (Wildman–Crippen LogP) is 5.04. The van der Waals surface area contributed by atoms with Crippen molar-refractivity contribution in [1.82, 2.24) is 9.88 Å². The van der Waals surface area contributed by atoms with Crippen molar-refractivity contribution in [2.24, 2.45) is 0 Å². The fourth-order valence-corrected chi connectivity index (χ4v) is 4.41. The Kier molecular flexibility index (Phi) is 5.18. The number of Topliss-reactive ketones (excluding diaryl/α,β-unsaturated/α-hetero) is 1. The SMILES string of the molecule is COc1cc(/C(O)=C2\C(=O)C(=O)N(Cc3ccco3)C2c2c[nH]c3ccccc23)ccc1Cl. The number of rotatable bonds is 5. The number of para-hydroxylation sites is 1. The second kappa shape index (κ2) is 8.18. The summed E-state index contributed by atoms with van der Waals surface area (Å²) in [5, 5.41) is 12.5. The van der Waals surface area contributed by atoms with Gasteiger partial charge in [-0.25, -0.2) is 0 Å². The van der Waals surface area contributed by atoms with E-state index in [1.807, 2.05) is 24.3 Å². The molecule has 1 fully saturated rings. The fraction of sp³-hybridized carbons (Fsp3) is 0.120. The van der Waals surface area contributed by atoms with Gasteiger partial charge in [0.1, 0.15) is 17.3 Å². The second-order valence-electron chi connectivity index (χ2n) is 7.65. The largest absolute Gasteiger partial charge is 0.507 e. The summed E-state index contributed by atoms with van der Waals surface area (Å²) in [5.41, 5.74) is 1.85. The van der Waals surface area contributed by atoms with Crippen LogP contribution < -0.4 is 4.74 Å². The lowest BCUT2D eigenvalue weighted by Crippen LogP contribution is -2.29. The molecule has 2 aromatic heterocycles. The number of H-pyrrole nitrogens is 1. The average molecular weight is 463 g/mol. The van der Waals surface area contributed by atoms with E-state index < -0.39 is 17.7 Å². The van der Waals surface area contributed by atoms with E-state index in [4.69, 9.17) is 20.8 Å². The molecule has 2 N–H and O–H groups in total. The molecule has 0 aliphatic carbocycles. The van der Waals surface area contributed by atoms with Gasteiger partial charge in [0.05, 0.1) is 36.6 Å². The Morgan fingerprint density at radius 3 is 2.76 bits per heavy atom. The van der Waals surface area contributed by atoms with Crippen LogP contribution in [0.5, 0.6) is 5.75 Å². The van der Waals surface area contributed by atoms with Crippen LogP contribution in [0, 0.1) is 0 Å².